The minimum atomic E-state index is -0.816. The first-order valence-electron chi connectivity index (χ1n) is 9.17. The van der Waals surface area contributed by atoms with Gasteiger partial charge >= 0.3 is 5.97 Å². The number of ether oxygens (including phenoxy) is 1. The molecule has 2 heterocycles. The number of nitrogens with one attached hydrogen (secondary N) is 2. The van der Waals surface area contributed by atoms with Crippen molar-refractivity contribution in [1.29, 1.82) is 0 Å². The van der Waals surface area contributed by atoms with Gasteiger partial charge in [0.15, 0.2) is 17.7 Å². The Morgan fingerprint density at radius 3 is 2.63 bits per heavy atom. The van der Waals surface area contributed by atoms with E-state index in [2.05, 4.69) is 15.3 Å². The summed E-state index contributed by atoms with van der Waals surface area (Å²) in [6, 6.07) is 16.4. The number of aromatic nitrogens is 2. The molecule has 0 spiro atoms. The maximum atomic E-state index is 12.7. The lowest BCUT2D eigenvalue weighted by Gasteiger charge is -2.15. The average molecular weight is 403 g/mol. The van der Waals surface area contributed by atoms with Crippen molar-refractivity contribution in [2.24, 2.45) is 0 Å². The smallest absolute Gasteiger partial charge is 0.340 e. The van der Waals surface area contributed by atoms with Crippen molar-refractivity contribution in [3.05, 3.63) is 94.4 Å². The van der Waals surface area contributed by atoms with Gasteiger partial charge in [-0.05, 0) is 43.3 Å². The van der Waals surface area contributed by atoms with Crippen LogP contribution in [0.4, 0.5) is 5.69 Å². The van der Waals surface area contributed by atoms with Gasteiger partial charge in [-0.2, -0.15) is 0 Å². The van der Waals surface area contributed by atoms with E-state index in [4.69, 9.17) is 9.15 Å². The Kier molecular flexibility index (Phi) is 5.13. The zero-order chi connectivity index (χ0) is 21.1. The predicted molar refractivity (Wildman–Crippen MR) is 109 cm³/mol. The number of anilines is 1. The highest BCUT2D eigenvalue weighted by molar-refractivity contribution is 6.06. The molecule has 2 aromatic heterocycles. The van der Waals surface area contributed by atoms with E-state index in [-0.39, 0.29) is 28.4 Å². The predicted octanol–water partition coefficient (Wildman–Crippen LogP) is 3.69. The molecule has 0 saturated heterocycles. The van der Waals surface area contributed by atoms with Crippen molar-refractivity contribution < 1.29 is 18.7 Å². The quantitative estimate of drug-likeness (QED) is 0.491. The summed E-state index contributed by atoms with van der Waals surface area (Å²) in [7, 11) is 0. The van der Waals surface area contributed by atoms with E-state index in [9.17, 15) is 14.4 Å². The molecule has 8 nitrogen and oxygen atoms in total. The van der Waals surface area contributed by atoms with Crippen LogP contribution in [0.25, 0.3) is 10.9 Å². The molecular formula is C22H17N3O5. The number of hydrogen-bond donors (Lipinski definition) is 2. The zero-order valence-corrected chi connectivity index (χ0v) is 15.9. The fraction of sp³-hybridized carbons (Fsp3) is 0.0909. The number of benzene rings is 2. The van der Waals surface area contributed by atoms with Crippen LogP contribution in [0, 0.1) is 0 Å². The van der Waals surface area contributed by atoms with Crippen molar-refractivity contribution in [3.63, 3.8) is 0 Å². The Balaban J connectivity index is 1.56. The van der Waals surface area contributed by atoms with E-state index in [1.54, 1.807) is 55.5 Å². The molecule has 0 aliphatic heterocycles. The molecular weight excluding hydrogens is 386 g/mol. The van der Waals surface area contributed by atoms with Gasteiger partial charge in [-0.25, -0.2) is 9.78 Å². The summed E-state index contributed by atoms with van der Waals surface area (Å²) in [6.45, 7) is 1.61. The van der Waals surface area contributed by atoms with Crippen LogP contribution in [-0.4, -0.2) is 21.8 Å². The number of aromatic amines is 1. The number of para-hydroxylation sites is 2. The lowest BCUT2D eigenvalue weighted by molar-refractivity contribution is 0.0321. The van der Waals surface area contributed by atoms with Crippen LogP contribution in [0.15, 0.2) is 76.1 Å². The Hall–Kier alpha value is -4.20. The third-order valence-corrected chi connectivity index (χ3v) is 4.44. The Morgan fingerprint density at radius 2 is 1.83 bits per heavy atom. The molecule has 150 valence electrons. The van der Waals surface area contributed by atoms with Gasteiger partial charge in [0.1, 0.15) is 0 Å². The molecule has 0 aliphatic carbocycles. The molecule has 30 heavy (non-hydrogen) atoms. The highest BCUT2D eigenvalue weighted by Gasteiger charge is 2.20. The van der Waals surface area contributed by atoms with Gasteiger partial charge in [0, 0.05) is 0 Å². The molecule has 4 aromatic rings. The van der Waals surface area contributed by atoms with Gasteiger partial charge in [0.05, 0.1) is 28.4 Å². The summed E-state index contributed by atoms with van der Waals surface area (Å²) >= 11 is 0. The van der Waals surface area contributed by atoms with Gasteiger partial charge in [0.25, 0.3) is 11.5 Å². The molecule has 8 heteroatoms. The van der Waals surface area contributed by atoms with Gasteiger partial charge in [-0.1, -0.05) is 24.3 Å². The van der Waals surface area contributed by atoms with Crippen molar-refractivity contribution in [1.82, 2.24) is 9.97 Å². The molecule has 0 fully saturated rings. The van der Waals surface area contributed by atoms with Crippen molar-refractivity contribution in [3.8, 4) is 0 Å². The number of carbonyl (C=O) groups is 2. The first-order valence-corrected chi connectivity index (χ1v) is 9.17. The Labute approximate surface area is 170 Å². The van der Waals surface area contributed by atoms with Crippen LogP contribution in [-0.2, 0) is 4.74 Å². The van der Waals surface area contributed by atoms with Crippen LogP contribution in [0.3, 0.4) is 0 Å². The van der Waals surface area contributed by atoms with Crippen LogP contribution in [0.2, 0.25) is 0 Å². The van der Waals surface area contributed by atoms with Crippen molar-refractivity contribution >= 4 is 28.5 Å². The summed E-state index contributed by atoms with van der Waals surface area (Å²) in [6.07, 6.45) is 0.567. The van der Waals surface area contributed by atoms with Crippen molar-refractivity contribution in [2.75, 3.05) is 5.32 Å². The summed E-state index contributed by atoms with van der Waals surface area (Å²) in [5, 5.41) is 3.08. The summed E-state index contributed by atoms with van der Waals surface area (Å²) < 4.78 is 10.6. The van der Waals surface area contributed by atoms with Gasteiger partial charge < -0.3 is 19.5 Å². The number of rotatable bonds is 5. The highest BCUT2D eigenvalue weighted by Crippen LogP contribution is 2.21. The second kappa shape index (κ2) is 8.04. The van der Waals surface area contributed by atoms with E-state index in [1.807, 2.05) is 0 Å². The molecule has 0 aliphatic rings. The molecule has 4 rings (SSSR count). The summed E-state index contributed by atoms with van der Waals surface area (Å²) in [5.74, 6) is -0.823. The van der Waals surface area contributed by atoms with E-state index in [0.29, 0.717) is 10.9 Å². The second-order valence-electron chi connectivity index (χ2n) is 6.49. The minimum Gasteiger partial charge on any atom is -0.459 e. The molecule has 0 bridgehead atoms. The Morgan fingerprint density at radius 1 is 1.07 bits per heavy atom. The number of carbonyl (C=O) groups excluding carboxylic acids is 2. The molecule has 2 aromatic carbocycles. The molecule has 0 saturated carbocycles. The fourth-order valence-electron chi connectivity index (χ4n) is 2.94. The second-order valence-corrected chi connectivity index (χ2v) is 6.49. The first-order chi connectivity index (χ1) is 14.5. The van der Waals surface area contributed by atoms with E-state index < -0.39 is 18.0 Å². The number of hydrogen-bond acceptors (Lipinski definition) is 6. The third-order valence-electron chi connectivity index (χ3n) is 4.44. The van der Waals surface area contributed by atoms with E-state index in [1.165, 1.54) is 18.4 Å². The largest absolute Gasteiger partial charge is 0.459 e. The normalized spacial score (nSPS) is 11.8. The number of nitrogens with zero attached hydrogens (tertiary/aromatic N) is 1. The lowest BCUT2D eigenvalue weighted by Crippen LogP contribution is -2.19. The maximum Gasteiger partial charge on any atom is 0.340 e. The number of furan rings is 1. The average Bonchev–Trinajstić information content (AvgIpc) is 3.29. The SMILES string of the molecule is C[C@@H](OC(=O)c1ccccc1NC(=O)c1ccco1)c1nc2ccccc2c(=O)[nH]1. The molecule has 0 unspecified atom stereocenters. The van der Waals surface area contributed by atoms with Crippen molar-refractivity contribution in [2.45, 2.75) is 13.0 Å². The Bertz CT molecular complexity index is 1280. The fourth-order valence-corrected chi connectivity index (χ4v) is 2.94. The summed E-state index contributed by atoms with van der Waals surface area (Å²) in [4.78, 5) is 44.3. The molecule has 0 radical (unpaired) electrons. The van der Waals surface area contributed by atoms with Gasteiger partial charge in [-0.15, -0.1) is 0 Å². The van der Waals surface area contributed by atoms with Crippen LogP contribution in [0.1, 0.15) is 39.8 Å². The first kappa shape index (κ1) is 19.1. The minimum absolute atomic E-state index is 0.115. The summed E-state index contributed by atoms with van der Waals surface area (Å²) in [5.41, 5.74) is 0.623. The highest BCUT2D eigenvalue weighted by atomic mass is 16.5. The number of H-pyrrole nitrogens is 1. The maximum absolute atomic E-state index is 12.7. The number of amides is 1. The van der Waals surface area contributed by atoms with E-state index >= 15 is 0 Å². The topological polar surface area (TPSA) is 114 Å². The van der Waals surface area contributed by atoms with Crippen LogP contribution < -0.4 is 10.9 Å². The number of fused-ring (bicyclic) bond motifs is 1. The molecule has 1 atom stereocenters. The lowest BCUT2D eigenvalue weighted by atomic mass is 10.1. The monoisotopic (exact) mass is 403 g/mol. The van der Waals surface area contributed by atoms with Gasteiger partial charge in [0.2, 0.25) is 0 Å². The van der Waals surface area contributed by atoms with Gasteiger partial charge in [-0.3, -0.25) is 9.59 Å². The molecule has 2 N–H and O–H groups in total. The van der Waals surface area contributed by atoms with Crippen LogP contribution >= 0.6 is 0 Å². The van der Waals surface area contributed by atoms with Crippen LogP contribution in [0.5, 0.6) is 0 Å². The number of esters is 1. The zero-order valence-electron chi connectivity index (χ0n) is 15.9. The van der Waals surface area contributed by atoms with E-state index in [0.717, 1.165) is 0 Å². The standard InChI is InChI=1S/C22H17N3O5/c1-13(19-23-16-9-4-2-7-14(16)20(26)25-19)30-22(28)15-8-3-5-10-17(15)24-21(27)18-11-6-12-29-18/h2-13H,1H3,(H,24,27)(H,23,25,26)/t13-/m1/s1. The third kappa shape index (κ3) is 3.83. The molecule has 1 amide bonds.